The minimum atomic E-state index is 0. The van der Waals surface area contributed by atoms with E-state index >= 15 is 0 Å². The summed E-state index contributed by atoms with van der Waals surface area (Å²) < 4.78 is 5.06. The van der Waals surface area contributed by atoms with Crippen LogP contribution in [0.4, 0.5) is 0 Å². The van der Waals surface area contributed by atoms with Crippen molar-refractivity contribution in [3.63, 3.8) is 0 Å². The van der Waals surface area contributed by atoms with Crippen molar-refractivity contribution in [2.45, 2.75) is 26.3 Å². The normalized spacial score (nSPS) is 12.3. The van der Waals surface area contributed by atoms with Gasteiger partial charge in [-0.15, -0.1) is 12.4 Å². The van der Waals surface area contributed by atoms with Crippen LogP contribution in [0.15, 0.2) is 0 Å². The van der Waals surface area contributed by atoms with E-state index in [1.165, 1.54) is 0 Å². The molecule has 2 nitrogen and oxygen atoms in total. The molecule has 0 bridgehead atoms. The molecule has 1 atom stereocenters. The van der Waals surface area contributed by atoms with Crippen molar-refractivity contribution in [3.8, 4) is 0 Å². The standard InChI is InChI=1S/C6H15NO.ClH/c1-3-8-5-4-6(2)7;/h6H,3-5,7H2,1-2H3;1H/t6-;/m0./s1. The molecule has 9 heavy (non-hydrogen) atoms. The number of nitrogens with two attached hydrogens (primary N) is 1. The van der Waals surface area contributed by atoms with Crippen LogP contribution in [-0.4, -0.2) is 19.3 Å². The van der Waals surface area contributed by atoms with Crippen LogP contribution in [0.1, 0.15) is 20.3 Å². The van der Waals surface area contributed by atoms with Gasteiger partial charge >= 0.3 is 0 Å². The zero-order chi connectivity index (χ0) is 6.41. The molecule has 0 aromatic heterocycles. The van der Waals surface area contributed by atoms with Crippen LogP contribution in [0.3, 0.4) is 0 Å². The van der Waals surface area contributed by atoms with Gasteiger partial charge in [-0.3, -0.25) is 0 Å². The molecular formula is C6H16ClNO. The minimum absolute atomic E-state index is 0. The van der Waals surface area contributed by atoms with Crippen LogP contribution in [-0.2, 0) is 4.74 Å². The number of ether oxygens (including phenoxy) is 1. The Morgan fingerprint density at radius 2 is 2.11 bits per heavy atom. The molecule has 0 heterocycles. The lowest BCUT2D eigenvalue weighted by Gasteiger charge is -2.02. The van der Waals surface area contributed by atoms with E-state index in [0.29, 0.717) is 0 Å². The highest BCUT2D eigenvalue weighted by Crippen LogP contribution is 1.85. The Morgan fingerprint density at radius 3 is 2.44 bits per heavy atom. The van der Waals surface area contributed by atoms with Crippen LogP contribution in [0.2, 0.25) is 0 Å². The summed E-state index contributed by atoms with van der Waals surface area (Å²) in [6.45, 7) is 5.57. The first-order valence-corrected chi connectivity index (χ1v) is 3.10. The van der Waals surface area contributed by atoms with Crippen molar-refractivity contribution in [2.24, 2.45) is 5.73 Å². The van der Waals surface area contributed by atoms with Gasteiger partial charge < -0.3 is 10.5 Å². The van der Waals surface area contributed by atoms with E-state index in [2.05, 4.69) is 0 Å². The molecule has 0 aliphatic carbocycles. The molecule has 0 aromatic carbocycles. The molecule has 0 spiro atoms. The molecule has 58 valence electrons. The van der Waals surface area contributed by atoms with Crippen molar-refractivity contribution in [1.82, 2.24) is 0 Å². The fraction of sp³-hybridized carbons (Fsp3) is 1.00. The van der Waals surface area contributed by atoms with Crippen molar-refractivity contribution in [2.75, 3.05) is 13.2 Å². The van der Waals surface area contributed by atoms with Gasteiger partial charge in [0.2, 0.25) is 0 Å². The van der Waals surface area contributed by atoms with E-state index in [4.69, 9.17) is 10.5 Å². The molecule has 0 saturated heterocycles. The molecule has 0 fully saturated rings. The van der Waals surface area contributed by atoms with E-state index in [9.17, 15) is 0 Å². The summed E-state index contributed by atoms with van der Waals surface area (Å²) in [5.74, 6) is 0. The third kappa shape index (κ3) is 11.7. The first-order chi connectivity index (χ1) is 3.77. The van der Waals surface area contributed by atoms with Crippen molar-refractivity contribution < 1.29 is 4.74 Å². The van der Waals surface area contributed by atoms with E-state index in [1.807, 2.05) is 13.8 Å². The van der Waals surface area contributed by atoms with Crippen molar-refractivity contribution in [3.05, 3.63) is 0 Å². The predicted molar refractivity (Wildman–Crippen MR) is 42.0 cm³/mol. The Hall–Kier alpha value is 0.210. The molecule has 0 saturated carbocycles. The maximum Gasteiger partial charge on any atom is 0.0480 e. The first kappa shape index (κ1) is 11.9. The van der Waals surface area contributed by atoms with Crippen LogP contribution >= 0.6 is 12.4 Å². The lowest BCUT2D eigenvalue weighted by Crippen LogP contribution is -2.17. The molecule has 0 aliphatic heterocycles. The molecule has 0 unspecified atom stereocenters. The van der Waals surface area contributed by atoms with Crippen molar-refractivity contribution >= 4 is 12.4 Å². The van der Waals surface area contributed by atoms with Gasteiger partial charge in [-0.25, -0.2) is 0 Å². The molecule has 0 radical (unpaired) electrons. The van der Waals surface area contributed by atoms with Gasteiger partial charge in [0.05, 0.1) is 0 Å². The van der Waals surface area contributed by atoms with Gasteiger partial charge in [0.15, 0.2) is 0 Å². The maximum absolute atomic E-state index is 5.45. The largest absolute Gasteiger partial charge is 0.382 e. The average Bonchev–Trinajstić information content (AvgIpc) is 1.66. The number of hydrogen-bond acceptors (Lipinski definition) is 2. The lowest BCUT2D eigenvalue weighted by atomic mass is 10.3. The highest BCUT2D eigenvalue weighted by atomic mass is 35.5. The van der Waals surface area contributed by atoms with E-state index in [-0.39, 0.29) is 18.4 Å². The van der Waals surface area contributed by atoms with E-state index in [0.717, 1.165) is 19.6 Å². The summed E-state index contributed by atoms with van der Waals surface area (Å²) in [4.78, 5) is 0. The summed E-state index contributed by atoms with van der Waals surface area (Å²) in [7, 11) is 0. The molecule has 0 aromatic rings. The number of halogens is 1. The fourth-order valence-electron chi connectivity index (χ4n) is 0.414. The lowest BCUT2D eigenvalue weighted by molar-refractivity contribution is 0.141. The molecule has 3 heteroatoms. The van der Waals surface area contributed by atoms with Gasteiger partial charge in [0.1, 0.15) is 0 Å². The SMILES string of the molecule is CCOCC[C@H](C)N.Cl. The highest BCUT2D eigenvalue weighted by molar-refractivity contribution is 5.85. The second kappa shape index (κ2) is 8.21. The van der Waals surface area contributed by atoms with Gasteiger partial charge in [-0.05, 0) is 20.3 Å². The summed E-state index contributed by atoms with van der Waals surface area (Å²) in [5, 5.41) is 0. The second-order valence-corrected chi connectivity index (χ2v) is 1.96. The third-order valence-electron chi connectivity index (χ3n) is 0.922. The van der Waals surface area contributed by atoms with Gasteiger partial charge in [0, 0.05) is 19.3 Å². The van der Waals surface area contributed by atoms with E-state index in [1.54, 1.807) is 0 Å². The average molecular weight is 154 g/mol. The van der Waals surface area contributed by atoms with Gasteiger partial charge in [0.25, 0.3) is 0 Å². The van der Waals surface area contributed by atoms with Gasteiger partial charge in [-0.2, -0.15) is 0 Å². The summed E-state index contributed by atoms with van der Waals surface area (Å²) in [5.41, 5.74) is 5.45. The maximum atomic E-state index is 5.45. The smallest absolute Gasteiger partial charge is 0.0480 e. The summed E-state index contributed by atoms with van der Waals surface area (Å²) >= 11 is 0. The Kier molecular flexibility index (Phi) is 10.9. The Bertz CT molecular complexity index is 50.3. The van der Waals surface area contributed by atoms with Crippen LogP contribution in [0.25, 0.3) is 0 Å². The number of hydrogen-bond donors (Lipinski definition) is 1. The summed E-state index contributed by atoms with van der Waals surface area (Å²) in [6.07, 6.45) is 0.966. The quantitative estimate of drug-likeness (QED) is 0.616. The van der Waals surface area contributed by atoms with Crippen LogP contribution < -0.4 is 5.73 Å². The topological polar surface area (TPSA) is 35.2 Å². The minimum Gasteiger partial charge on any atom is -0.382 e. The highest BCUT2D eigenvalue weighted by Gasteiger charge is 1.90. The zero-order valence-corrected chi connectivity index (χ0v) is 6.91. The monoisotopic (exact) mass is 153 g/mol. The first-order valence-electron chi connectivity index (χ1n) is 3.10. The van der Waals surface area contributed by atoms with Crippen LogP contribution in [0.5, 0.6) is 0 Å². The Balaban J connectivity index is 0. The molecule has 2 N–H and O–H groups in total. The molecule has 0 amide bonds. The van der Waals surface area contributed by atoms with E-state index < -0.39 is 0 Å². The van der Waals surface area contributed by atoms with Crippen molar-refractivity contribution in [1.29, 1.82) is 0 Å². The molecular weight excluding hydrogens is 138 g/mol. The Morgan fingerprint density at radius 1 is 1.56 bits per heavy atom. The third-order valence-corrected chi connectivity index (χ3v) is 0.922. The summed E-state index contributed by atoms with van der Waals surface area (Å²) in [6, 6.07) is 0.279. The molecule has 0 rings (SSSR count). The van der Waals surface area contributed by atoms with Gasteiger partial charge in [-0.1, -0.05) is 0 Å². The second-order valence-electron chi connectivity index (χ2n) is 1.96. The Labute approximate surface area is 63.2 Å². The number of rotatable bonds is 4. The zero-order valence-electron chi connectivity index (χ0n) is 6.09. The predicted octanol–water partition coefficient (Wildman–Crippen LogP) is 1.18. The molecule has 0 aliphatic rings. The van der Waals surface area contributed by atoms with Crippen LogP contribution in [0, 0.1) is 0 Å². The fourth-order valence-corrected chi connectivity index (χ4v) is 0.414.